The van der Waals surface area contributed by atoms with Crippen LogP contribution >= 0.6 is 0 Å². The van der Waals surface area contributed by atoms with Crippen molar-refractivity contribution < 1.29 is 10.2 Å². The summed E-state index contributed by atoms with van der Waals surface area (Å²) in [6.07, 6.45) is 0. The zero-order chi connectivity index (χ0) is 12.0. The van der Waals surface area contributed by atoms with Crippen LogP contribution in [0.3, 0.4) is 0 Å². The topological polar surface area (TPSA) is 73.3 Å². The number of pyridine rings is 1. The Bertz CT molecular complexity index is 790. The lowest BCUT2D eigenvalue weighted by Crippen LogP contribution is -2.05. The molecule has 0 spiro atoms. The molecule has 3 N–H and O–H groups in total. The normalized spacial score (nSPS) is 11.1. The average Bonchev–Trinajstić information content (AvgIpc) is 2.32. The van der Waals surface area contributed by atoms with Crippen molar-refractivity contribution in [2.75, 3.05) is 0 Å². The molecule has 0 aliphatic rings. The van der Waals surface area contributed by atoms with E-state index in [9.17, 15) is 15.0 Å². The first-order valence-electron chi connectivity index (χ1n) is 5.13. The first-order chi connectivity index (χ1) is 8.16. The Kier molecular flexibility index (Phi) is 1.86. The molecule has 3 rings (SSSR count). The van der Waals surface area contributed by atoms with Gasteiger partial charge in [-0.25, -0.2) is 0 Å². The smallest absolute Gasteiger partial charge is 0.256 e. The molecule has 0 fully saturated rings. The molecule has 0 aliphatic carbocycles. The third kappa shape index (κ3) is 1.34. The summed E-state index contributed by atoms with van der Waals surface area (Å²) in [7, 11) is 0. The highest BCUT2D eigenvalue weighted by Crippen LogP contribution is 2.31. The number of aromatic nitrogens is 1. The number of hydrogen-bond donors (Lipinski definition) is 3. The molecule has 17 heavy (non-hydrogen) atoms. The van der Waals surface area contributed by atoms with Gasteiger partial charge in [0.05, 0.1) is 5.52 Å². The van der Waals surface area contributed by atoms with Gasteiger partial charge in [-0.2, -0.15) is 0 Å². The largest absolute Gasteiger partial charge is 0.504 e. The van der Waals surface area contributed by atoms with Gasteiger partial charge in [0, 0.05) is 16.8 Å². The number of phenols is 2. The molecule has 1 aromatic heterocycles. The third-order valence-electron chi connectivity index (χ3n) is 2.82. The van der Waals surface area contributed by atoms with Crippen LogP contribution in [0.5, 0.6) is 11.5 Å². The van der Waals surface area contributed by atoms with Crippen LogP contribution in [0, 0.1) is 0 Å². The Balaban J connectivity index is 2.64. The number of hydrogen-bond acceptors (Lipinski definition) is 3. The summed E-state index contributed by atoms with van der Waals surface area (Å²) in [4.78, 5) is 14.5. The molecule has 2 aromatic carbocycles. The van der Waals surface area contributed by atoms with Gasteiger partial charge in [0.15, 0.2) is 11.5 Å². The van der Waals surface area contributed by atoms with E-state index < -0.39 is 0 Å². The van der Waals surface area contributed by atoms with Crippen molar-refractivity contribution >= 4 is 21.7 Å². The fourth-order valence-corrected chi connectivity index (χ4v) is 2.01. The van der Waals surface area contributed by atoms with Crippen molar-refractivity contribution in [3.8, 4) is 11.5 Å². The predicted molar refractivity (Wildman–Crippen MR) is 65.4 cm³/mol. The number of aromatic hydroxyl groups is 2. The molecule has 0 unspecified atom stereocenters. The van der Waals surface area contributed by atoms with Gasteiger partial charge in [-0.3, -0.25) is 4.79 Å². The van der Waals surface area contributed by atoms with Crippen molar-refractivity contribution in [2.45, 2.75) is 0 Å². The Hall–Kier alpha value is -2.49. The number of aromatic amines is 1. The summed E-state index contributed by atoms with van der Waals surface area (Å²) in [6.45, 7) is 0. The van der Waals surface area contributed by atoms with Gasteiger partial charge >= 0.3 is 0 Å². The highest BCUT2D eigenvalue weighted by Gasteiger charge is 2.08. The molecule has 0 radical (unpaired) electrons. The second kappa shape index (κ2) is 3.25. The van der Waals surface area contributed by atoms with E-state index in [1.165, 1.54) is 12.1 Å². The first-order valence-corrected chi connectivity index (χ1v) is 5.13. The molecule has 0 atom stereocenters. The summed E-state index contributed by atoms with van der Waals surface area (Å²) in [5.41, 5.74) is 0.294. The second-order valence-electron chi connectivity index (χ2n) is 3.89. The summed E-state index contributed by atoms with van der Waals surface area (Å²) in [6, 6.07) is 9.93. The minimum absolute atomic E-state index is 0.199. The van der Waals surface area contributed by atoms with Crippen LogP contribution in [0.4, 0.5) is 0 Å². The van der Waals surface area contributed by atoms with Crippen LogP contribution in [-0.2, 0) is 0 Å². The molecule has 4 heteroatoms. The van der Waals surface area contributed by atoms with Gasteiger partial charge in [-0.1, -0.05) is 18.2 Å². The van der Waals surface area contributed by atoms with E-state index >= 15 is 0 Å². The molecule has 3 aromatic rings. The first kappa shape index (κ1) is 9.72. The number of nitrogens with one attached hydrogen (secondary N) is 1. The third-order valence-corrected chi connectivity index (χ3v) is 2.82. The lowest BCUT2D eigenvalue weighted by molar-refractivity contribution is 0.405. The van der Waals surface area contributed by atoms with E-state index in [-0.39, 0.29) is 17.1 Å². The van der Waals surface area contributed by atoms with E-state index in [1.807, 2.05) is 12.1 Å². The zero-order valence-electron chi connectivity index (χ0n) is 8.77. The molecule has 0 aliphatic heterocycles. The van der Waals surface area contributed by atoms with E-state index in [0.29, 0.717) is 16.3 Å². The molecule has 1 heterocycles. The fraction of sp³-hybridized carbons (Fsp3) is 0. The van der Waals surface area contributed by atoms with Crippen LogP contribution in [0.1, 0.15) is 0 Å². The van der Waals surface area contributed by atoms with Crippen LogP contribution in [0.2, 0.25) is 0 Å². The number of H-pyrrole nitrogens is 1. The Morgan fingerprint density at radius 3 is 2.29 bits per heavy atom. The molecule has 4 nitrogen and oxygen atoms in total. The lowest BCUT2D eigenvalue weighted by Gasteiger charge is -2.05. The number of rotatable bonds is 0. The fourth-order valence-electron chi connectivity index (χ4n) is 2.01. The zero-order valence-corrected chi connectivity index (χ0v) is 8.77. The molecular formula is C13H9NO3. The Morgan fingerprint density at radius 1 is 0.882 bits per heavy atom. The summed E-state index contributed by atoms with van der Waals surface area (Å²) >= 11 is 0. The predicted octanol–water partition coefficient (Wildman–Crippen LogP) is 2.09. The molecular weight excluding hydrogens is 218 g/mol. The summed E-state index contributed by atoms with van der Waals surface area (Å²) < 4.78 is 0. The minimum Gasteiger partial charge on any atom is -0.504 e. The van der Waals surface area contributed by atoms with Gasteiger partial charge in [-0.05, 0) is 17.5 Å². The molecule has 84 valence electrons. The maximum atomic E-state index is 11.8. The van der Waals surface area contributed by atoms with E-state index in [2.05, 4.69) is 4.98 Å². The molecule has 0 saturated carbocycles. The van der Waals surface area contributed by atoms with Gasteiger partial charge in [0.2, 0.25) is 0 Å². The molecule has 0 bridgehead atoms. The van der Waals surface area contributed by atoms with Crippen molar-refractivity contribution in [1.82, 2.24) is 4.98 Å². The van der Waals surface area contributed by atoms with Gasteiger partial charge in [0.1, 0.15) is 0 Å². The van der Waals surface area contributed by atoms with E-state index in [0.717, 1.165) is 5.39 Å². The maximum Gasteiger partial charge on any atom is 0.256 e. The van der Waals surface area contributed by atoms with Crippen LogP contribution in [0.15, 0.2) is 41.2 Å². The summed E-state index contributed by atoms with van der Waals surface area (Å²) in [5.74, 6) is -0.446. The van der Waals surface area contributed by atoms with Gasteiger partial charge in [-0.15, -0.1) is 0 Å². The van der Waals surface area contributed by atoms with Crippen molar-refractivity contribution in [3.05, 3.63) is 46.8 Å². The Labute approximate surface area is 95.8 Å². The number of phenolic OH excluding ortho intramolecular Hbond substituents is 2. The lowest BCUT2D eigenvalue weighted by atomic mass is 10.1. The quantitative estimate of drug-likeness (QED) is 0.406. The van der Waals surface area contributed by atoms with Crippen LogP contribution in [0.25, 0.3) is 21.7 Å². The Morgan fingerprint density at radius 2 is 1.53 bits per heavy atom. The van der Waals surface area contributed by atoms with Crippen LogP contribution in [-0.4, -0.2) is 15.2 Å². The van der Waals surface area contributed by atoms with E-state index in [4.69, 9.17) is 0 Å². The highest BCUT2D eigenvalue weighted by atomic mass is 16.3. The minimum atomic E-state index is -0.247. The molecule has 0 saturated heterocycles. The van der Waals surface area contributed by atoms with Crippen molar-refractivity contribution in [2.24, 2.45) is 0 Å². The van der Waals surface area contributed by atoms with E-state index in [1.54, 1.807) is 12.1 Å². The number of fused-ring (bicyclic) bond motifs is 3. The molecule has 0 amide bonds. The van der Waals surface area contributed by atoms with Crippen molar-refractivity contribution in [1.29, 1.82) is 0 Å². The van der Waals surface area contributed by atoms with Crippen molar-refractivity contribution in [3.63, 3.8) is 0 Å². The van der Waals surface area contributed by atoms with Gasteiger partial charge in [0.25, 0.3) is 5.56 Å². The highest BCUT2D eigenvalue weighted by molar-refractivity contribution is 6.06. The second-order valence-corrected chi connectivity index (χ2v) is 3.89. The van der Waals surface area contributed by atoms with Gasteiger partial charge < -0.3 is 15.2 Å². The standard InChI is InChI=1S/C13H9NO3/c15-11-5-9-7-3-1-2-4-8(7)13(17)14-10(9)6-12(11)16/h1-6,15-16H,(H,14,17). The summed E-state index contributed by atoms with van der Waals surface area (Å²) in [5, 5.41) is 20.9. The number of benzene rings is 2. The maximum absolute atomic E-state index is 11.8. The van der Waals surface area contributed by atoms with Crippen LogP contribution < -0.4 is 5.56 Å². The SMILES string of the molecule is O=c1[nH]c2cc(O)c(O)cc2c2ccccc12. The average molecular weight is 227 g/mol. The monoisotopic (exact) mass is 227 g/mol.